The van der Waals surface area contributed by atoms with Gasteiger partial charge in [-0.3, -0.25) is 0 Å². The highest BCUT2D eigenvalue weighted by Gasteiger charge is 2.40. The zero-order chi connectivity index (χ0) is 17.8. The number of piperidine rings is 1. The summed E-state index contributed by atoms with van der Waals surface area (Å²) in [5, 5.41) is 14.4. The molecule has 2 heterocycles. The van der Waals surface area contributed by atoms with Crippen LogP contribution in [0, 0.1) is 5.41 Å². The molecule has 1 spiro atoms. The molecular weight excluding hydrogens is 324 g/mol. The van der Waals surface area contributed by atoms with Gasteiger partial charge in [0.15, 0.2) is 0 Å². The SMILES string of the molecule is N=Cc1ccc(CNNC2=Nc3ccccc3NC23CCNCC3)cc1. The van der Waals surface area contributed by atoms with Crippen LogP contribution in [0.25, 0.3) is 0 Å². The van der Waals surface area contributed by atoms with Gasteiger partial charge in [0.05, 0.1) is 16.9 Å². The molecule has 6 nitrogen and oxygen atoms in total. The van der Waals surface area contributed by atoms with E-state index in [2.05, 4.69) is 27.6 Å². The number of aliphatic imine (C=N–C) groups is 1. The number of hydrogen-bond acceptors (Lipinski definition) is 6. The second-order valence-corrected chi connectivity index (χ2v) is 6.80. The topological polar surface area (TPSA) is 84.3 Å². The maximum Gasteiger partial charge on any atom is 0.142 e. The lowest BCUT2D eigenvalue weighted by Crippen LogP contribution is -2.60. The molecule has 1 fully saturated rings. The quantitative estimate of drug-likeness (QED) is 0.434. The molecule has 2 aromatic carbocycles. The van der Waals surface area contributed by atoms with Crippen molar-refractivity contribution in [3.63, 3.8) is 0 Å². The van der Waals surface area contributed by atoms with Crippen LogP contribution in [0.1, 0.15) is 24.0 Å². The summed E-state index contributed by atoms with van der Waals surface area (Å²) < 4.78 is 0. The van der Waals surface area contributed by atoms with Crippen molar-refractivity contribution in [2.24, 2.45) is 4.99 Å². The summed E-state index contributed by atoms with van der Waals surface area (Å²) >= 11 is 0. The number of nitrogens with one attached hydrogen (secondary N) is 5. The molecule has 4 rings (SSSR count). The molecule has 0 amide bonds. The van der Waals surface area contributed by atoms with E-state index in [0.29, 0.717) is 6.54 Å². The molecule has 134 valence electrons. The number of hydrogen-bond donors (Lipinski definition) is 5. The average molecular weight is 348 g/mol. The van der Waals surface area contributed by atoms with E-state index in [0.717, 1.165) is 54.3 Å². The van der Waals surface area contributed by atoms with E-state index in [1.807, 2.05) is 42.5 Å². The maximum atomic E-state index is 7.27. The number of rotatable bonds is 4. The maximum absolute atomic E-state index is 7.27. The Morgan fingerprint density at radius 3 is 2.62 bits per heavy atom. The highest BCUT2D eigenvalue weighted by molar-refractivity contribution is 6.00. The zero-order valence-electron chi connectivity index (χ0n) is 14.7. The Morgan fingerprint density at radius 1 is 1.08 bits per heavy atom. The molecule has 0 saturated carbocycles. The van der Waals surface area contributed by atoms with Gasteiger partial charge >= 0.3 is 0 Å². The molecule has 2 aromatic rings. The van der Waals surface area contributed by atoms with E-state index in [1.165, 1.54) is 6.21 Å². The van der Waals surface area contributed by atoms with Crippen molar-refractivity contribution >= 4 is 23.4 Å². The summed E-state index contributed by atoms with van der Waals surface area (Å²) in [5.74, 6) is 0.953. The molecular formula is C20H24N6. The van der Waals surface area contributed by atoms with Gasteiger partial charge in [0, 0.05) is 12.8 Å². The first-order valence-electron chi connectivity index (χ1n) is 9.04. The Labute approximate surface area is 153 Å². The Balaban J connectivity index is 1.50. The normalized spacial score (nSPS) is 17.8. The number of anilines is 1. The van der Waals surface area contributed by atoms with Crippen molar-refractivity contribution < 1.29 is 0 Å². The van der Waals surface area contributed by atoms with Gasteiger partial charge in [-0.25, -0.2) is 10.4 Å². The lowest BCUT2D eigenvalue weighted by molar-refractivity contribution is 0.407. The molecule has 0 unspecified atom stereocenters. The number of nitrogens with zero attached hydrogens (tertiary/aromatic N) is 1. The van der Waals surface area contributed by atoms with Crippen LogP contribution in [0.4, 0.5) is 11.4 Å². The van der Waals surface area contributed by atoms with Crippen LogP contribution in [0.2, 0.25) is 0 Å². The second kappa shape index (κ2) is 7.27. The van der Waals surface area contributed by atoms with E-state index in [4.69, 9.17) is 10.4 Å². The Kier molecular flexibility index (Phi) is 4.69. The fraction of sp³-hybridized carbons (Fsp3) is 0.300. The molecule has 0 atom stereocenters. The molecule has 0 radical (unpaired) electrons. The van der Waals surface area contributed by atoms with Gasteiger partial charge in [-0.1, -0.05) is 36.4 Å². The van der Waals surface area contributed by atoms with Gasteiger partial charge in [-0.15, -0.1) is 0 Å². The minimum atomic E-state index is -0.156. The van der Waals surface area contributed by atoms with Crippen LogP contribution in [0.5, 0.6) is 0 Å². The van der Waals surface area contributed by atoms with E-state index in [1.54, 1.807) is 0 Å². The number of benzene rings is 2. The van der Waals surface area contributed by atoms with E-state index < -0.39 is 0 Å². The molecule has 0 aromatic heterocycles. The largest absolute Gasteiger partial charge is 0.371 e. The highest BCUT2D eigenvalue weighted by atomic mass is 15.4. The van der Waals surface area contributed by atoms with Crippen LogP contribution in [-0.4, -0.2) is 30.7 Å². The third-order valence-electron chi connectivity index (χ3n) is 5.07. The predicted molar refractivity (Wildman–Crippen MR) is 106 cm³/mol. The van der Waals surface area contributed by atoms with Crippen molar-refractivity contribution in [2.45, 2.75) is 24.9 Å². The number of amidine groups is 1. The van der Waals surface area contributed by atoms with Gasteiger partial charge in [-0.2, -0.15) is 0 Å². The minimum Gasteiger partial charge on any atom is -0.371 e. The number of hydrazine groups is 1. The van der Waals surface area contributed by atoms with Crippen LogP contribution in [0.15, 0.2) is 53.5 Å². The van der Waals surface area contributed by atoms with Crippen molar-refractivity contribution in [2.75, 3.05) is 18.4 Å². The predicted octanol–water partition coefficient (Wildman–Crippen LogP) is 2.56. The van der Waals surface area contributed by atoms with Crippen LogP contribution in [0.3, 0.4) is 0 Å². The summed E-state index contributed by atoms with van der Waals surface area (Å²) in [6.45, 7) is 2.63. The first-order valence-corrected chi connectivity index (χ1v) is 9.04. The minimum absolute atomic E-state index is 0.156. The van der Waals surface area contributed by atoms with Crippen LogP contribution >= 0.6 is 0 Å². The lowest BCUT2D eigenvalue weighted by Gasteiger charge is -2.42. The fourth-order valence-corrected chi connectivity index (χ4v) is 3.55. The van der Waals surface area contributed by atoms with Gasteiger partial charge in [0.1, 0.15) is 5.84 Å². The molecule has 0 bridgehead atoms. The monoisotopic (exact) mass is 348 g/mol. The fourth-order valence-electron chi connectivity index (χ4n) is 3.55. The molecule has 6 heteroatoms. The summed E-state index contributed by atoms with van der Waals surface area (Å²) in [6, 6.07) is 16.2. The Hall–Kier alpha value is -2.70. The smallest absolute Gasteiger partial charge is 0.142 e. The van der Waals surface area contributed by atoms with Crippen molar-refractivity contribution in [3.8, 4) is 0 Å². The first kappa shape index (κ1) is 16.8. The molecule has 5 N–H and O–H groups in total. The third kappa shape index (κ3) is 3.34. The second-order valence-electron chi connectivity index (χ2n) is 6.80. The average Bonchev–Trinajstić information content (AvgIpc) is 2.69. The molecule has 0 aliphatic carbocycles. The van der Waals surface area contributed by atoms with E-state index >= 15 is 0 Å². The van der Waals surface area contributed by atoms with Gasteiger partial charge in [-0.05, 0) is 49.2 Å². The summed E-state index contributed by atoms with van der Waals surface area (Å²) in [5.41, 5.74) is 10.7. The summed E-state index contributed by atoms with van der Waals surface area (Å²) in [7, 11) is 0. The molecule has 26 heavy (non-hydrogen) atoms. The van der Waals surface area contributed by atoms with Crippen molar-refractivity contribution in [3.05, 3.63) is 59.7 Å². The third-order valence-corrected chi connectivity index (χ3v) is 5.07. The molecule has 1 saturated heterocycles. The van der Waals surface area contributed by atoms with Gasteiger partial charge < -0.3 is 21.5 Å². The molecule has 2 aliphatic heterocycles. The standard InChI is InChI=1S/C20H24N6/c21-13-15-5-7-16(8-6-15)14-23-26-19-20(9-11-22-12-10-20)25-18-4-2-1-3-17(18)24-19/h1-8,13,21-23,25H,9-12,14H2,(H,24,26). The molecule has 2 aliphatic rings. The van der Waals surface area contributed by atoms with Crippen molar-refractivity contribution in [1.29, 1.82) is 5.41 Å². The number of para-hydroxylation sites is 2. The van der Waals surface area contributed by atoms with Crippen LogP contribution < -0.4 is 21.5 Å². The number of fused-ring (bicyclic) bond motifs is 1. The summed E-state index contributed by atoms with van der Waals surface area (Å²) in [4.78, 5) is 4.90. The van der Waals surface area contributed by atoms with E-state index in [-0.39, 0.29) is 5.54 Å². The summed E-state index contributed by atoms with van der Waals surface area (Å²) in [6.07, 6.45) is 3.34. The van der Waals surface area contributed by atoms with Gasteiger partial charge in [0.25, 0.3) is 0 Å². The first-order chi connectivity index (χ1) is 12.8. The van der Waals surface area contributed by atoms with E-state index in [9.17, 15) is 0 Å². The Morgan fingerprint density at radius 2 is 1.85 bits per heavy atom. The lowest BCUT2D eigenvalue weighted by atomic mass is 9.85. The van der Waals surface area contributed by atoms with Gasteiger partial charge in [0.2, 0.25) is 0 Å². The Bertz CT molecular complexity index is 805. The van der Waals surface area contributed by atoms with Crippen molar-refractivity contribution in [1.82, 2.24) is 16.2 Å². The zero-order valence-corrected chi connectivity index (χ0v) is 14.7. The van der Waals surface area contributed by atoms with Crippen LogP contribution in [-0.2, 0) is 6.54 Å². The highest BCUT2D eigenvalue weighted by Crippen LogP contribution is 2.36.